The minimum Gasteiger partial charge on any atom is -0.371 e. The molecular weight excluding hydrogens is 269 g/mol. The predicted octanol–water partition coefficient (Wildman–Crippen LogP) is 1.47. The molecule has 2 heterocycles. The second-order valence-electron chi connectivity index (χ2n) is 3.57. The number of anilines is 1. The molecule has 1 aromatic heterocycles. The van der Waals surface area contributed by atoms with Crippen LogP contribution < -0.4 is 4.90 Å². The Morgan fingerprint density at radius 2 is 2.47 bits per heavy atom. The Morgan fingerprint density at radius 3 is 3.06 bits per heavy atom. The number of amides is 2. The molecule has 0 radical (unpaired) electrons. The van der Waals surface area contributed by atoms with E-state index in [2.05, 4.69) is 4.98 Å². The third-order valence-electron chi connectivity index (χ3n) is 2.39. The normalized spacial score (nSPS) is 20.4. The number of urea groups is 1. The predicted molar refractivity (Wildman–Crippen MR) is 62.9 cm³/mol. The molecule has 0 aliphatic carbocycles. The quantitative estimate of drug-likeness (QED) is 0.849. The first-order valence-corrected chi connectivity index (χ1v) is 6.42. The van der Waals surface area contributed by atoms with Crippen molar-refractivity contribution in [2.75, 3.05) is 23.9 Å². The van der Waals surface area contributed by atoms with Crippen LogP contribution in [0.2, 0.25) is 0 Å². The standard InChI is InChI=1S/C9H11ClFN3O2S/c10-2-1-3-13-5-7(15)14(9(13)16)8-12-4-6(11)17-8/h4,7,15H,1-3,5H2. The van der Waals surface area contributed by atoms with E-state index in [4.69, 9.17) is 11.6 Å². The summed E-state index contributed by atoms with van der Waals surface area (Å²) >= 11 is 6.28. The molecule has 1 aliphatic heterocycles. The van der Waals surface area contributed by atoms with Crippen LogP contribution in [-0.2, 0) is 0 Å². The molecule has 0 bridgehead atoms. The molecule has 2 rings (SSSR count). The number of aromatic nitrogens is 1. The van der Waals surface area contributed by atoms with Crippen molar-refractivity contribution in [3.8, 4) is 0 Å². The molecule has 0 spiro atoms. The number of nitrogens with zero attached hydrogens (tertiary/aromatic N) is 3. The maximum absolute atomic E-state index is 12.8. The number of halogens is 2. The Labute approximate surface area is 106 Å². The summed E-state index contributed by atoms with van der Waals surface area (Å²) in [4.78, 5) is 18.3. The molecule has 1 aromatic rings. The first-order valence-electron chi connectivity index (χ1n) is 5.07. The third-order valence-corrected chi connectivity index (χ3v) is 3.44. The van der Waals surface area contributed by atoms with Gasteiger partial charge >= 0.3 is 6.03 Å². The van der Waals surface area contributed by atoms with Crippen LogP contribution in [0.3, 0.4) is 0 Å². The van der Waals surface area contributed by atoms with E-state index >= 15 is 0 Å². The van der Waals surface area contributed by atoms with Gasteiger partial charge in [0.05, 0.1) is 12.7 Å². The van der Waals surface area contributed by atoms with Crippen LogP contribution in [0.4, 0.5) is 14.3 Å². The number of hydrogen-bond acceptors (Lipinski definition) is 4. The lowest BCUT2D eigenvalue weighted by Gasteiger charge is -2.16. The van der Waals surface area contributed by atoms with Gasteiger partial charge in [-0.05, 0) is 6.42 Å². The molecule has 0 aromatic carbocycles. The molecular formula is C9H11ClFN3O2S. The van der Waals surface area contributed by atoms with Crippen molar-refractivity contribution in [1.82, 2.24) is 9.88 Å². The van der Waals surface area contributed by atoms with E-state index in [1.54, 1.807) is 0 Å². The first kappa shape index (κ1) is 12.5. The number of aliphatic hydroxyl groups excluding tert-OH is 1. The van der Waals surface area contributed by atoms with Crippen molar-refractivity contribution in [2.45, 2.75) is 12.6 Å². The van der Waals surface area contributed by atoms with E-state index in [1.165, 1.54) is 4.90 Å². The zero-order valence-corrected chi connectivity index (χ0v) is 10.4. The molecule has 0 saturated carbocycles. The molecule has 1 fully saturated rings. The van der Waals surface area contributed by atoms with Crippen molar-refractivity contribution in [3.05, 3.63) is 11.3 Å². The van der Waals surface area contributed by atoms with Crippen LogP contribution >= 0.6 is 22.9 Å². The lowest BCUT2D eigenvalue weighted by Crippen LogP contribution is -2.35. The molecule has 1 aliphatic rings. The highest BCUT2D eigenvalue weighted by molar-refractivity contribution is 7.14. The molecule has 1 atom stereocenters. The van der Waals surface area contributed by atoms with Gasteiger partial charge in [-0.1, -0.05) is 11.3 Å². The summed E-state index contributed by atoms with van der Waals surface area (Å²) in [7, 11) is 0. The Balaban J connectivity index is 2.11. The summed E-state index contributed by atoms with van der Waals surface area (Å²) < 4.78 is 12.8. The summed E-state index contributed by atoms with van der Waals surface area (Å²) in [6.45, 7) is 0.667. The average Bonchev–Trinajstić information content (AvgIpc) is 2.81. The van der Waals surface area contributed by atoms with Crippen LogP contribution in [0.5, 0.6) is 0 Å². The SMILES string of the molecule is O=C1N(CCCCl)CC(O)N1c1ncc(F)s1. The van der Waals surface area contributed by atoms with Gasteiger partial charge in [0.25, 0.3) is 0 Å². The van der Waals surface area contributed by atoms with Gasteiger partial charge in [0.2, 0.25) is 0 Å². The number of rotatable bonds is 4. The molecule has 17 heavy (non-hydrogen) atoms. The molecule has 94 valence electrons. The van der Waals surface area contributed by atoms with Gasteiger partial charge in [-0.15, -0.1) is 11.6 Å². The number of alkyl halides is 1. The minimum atomic E-state index is -0.983. The summed E-state index contributed by atoms with van der Waals surface area (Å²) in [5, 5.41) is 9.45. The first-order chi connectivity index (χ1) is 8.13. The van der Waals surface area contributed by atoms with E-state index in [0.717, 1.165) is 22.4 Å². The number of thiazole rings is 1. The van der Waals surface area contributed by atoms with Crippen LogP contribution in [0, 0.1) is 5.13 Å². The van der Waals surface area contributed by atoms with Gasteiger partial charge in [0.15, 0.2) is 16.5 Å². The number of hydrogen-bond donors (Lipinski definition) is 1. The fraction of sp³-hybridized carbons (Fsp3) is 0.556. The summed E-state index contributed by atoms with van der Waals surface area (Å²) in [5.74, 6) is 0.450. The fourth-order valence-electron chi connectivity index (χ4n) is 1.64. The fourth-order valence-corrected chi connectivity index (χ4v) is 2.44. The smallest absolute Gasteiger partial charge is 0.328 e. The van der Waals surface area contributed by atoms with Crippen molar-refractivity contribution in [3.63, 3.8) is 0 Å². The van der Waals surface area contributed by atoms with Crippen molar-refractivity contribution < 1.29 is 14.3 Å². The van der Waals surface area contributed by atoms with Crippen molar-refractivity contribution in [1.29, 1.82) is 0 Å². The summed E-state index contributed by atoms with van der Waals surface area (Å²) in [5.41, 5.74) is 0. The second-order valence-corrected chi connectivity index (χ2v) is 4.91. The van der Waals surface area contributed by atoms with Crippen LogP contribution in [0.25, 0.3) is 0 Å². The Morgan fingerprint density at radius 1 is 1.71 bits per heavy atom. The highest BCUT2D eigenvalue weighted by Gasteiger charge is 2.38. The lowest BCUT2D eigenvalue weighted by molar-refractivity contribution is 0.177. The Kier molecular flexibility index (Phi) is 3.80. The van der Waals surface area contributed by atoms with Gasteiger partial charge in [-0.2, -0.15) is 4.39 Å². The monoisotopic (exact) mass is 279 g/mol. The van der Waals surface area contributed by atoms with Crippen LogP contribution in [-0.4, -0.2) is 46.2 Å². The molecule has 1 saturated heterocycles. The van der Waals surface area contributed by atoms with Gasteiger partial charge in [-0.25, -0.2) is 14.7 Å². The van der Waals surface area contributed by atoms with E-state index in [0.29, 0.717) is 18.8 Å². The zero-order chi connectivity index (χ0) is 12.4. The molecule has 8 heteroatoms. The Hall–Kier alpha value is -0.920. The number of carbonyl (C=O) groups is 1. The zero-order valence-electron chi connectivity index (χ0n) is 8.84. The van der Waals surface area contributed by atoms with E-state index in [1.807, 2.05) is 0 Å². The number of aliphatic hydroxyl groups is 1. The highest BCUT2D eigenvalue weighted by atomic mass is 35.5. The number of β-amino-alcohol motifs (C(OH)–C–C–N with tert-alkyl or cyclic N) is 1. The van der Waals surface area contributed by atoms with Gasteiger partial charge in [-0.3, -0.25) is 0 Å². The van der Waals surface area contributed by atoms with Crippen LogP contribution in [0.1, 0.15) is 6.42 Å². The summed E-state index contributed by atoms with van der Waals surface area (Å²) in [6.07, 6.45) is 0.699. The van der Waals surface area contributed by atoms with Gasteiger partial charge in [0, 0.05) is 12.4 Å². The molecule has 5 nitrogen and oxygen atoms in total. The van der Waals surface area contributed by atoms with E-state index in [9.17, 15) is 14.3 Å². The van der Waals surface area contributed by atoms with Crippen LogP contribution in [0.15, 0.2) is 6.20 Å². The lowest BCUT2D eigenvalue weighted by atomic mass is 10.4. The van der Waals surface area contributed by atoms with Gasteiger partial charge < -0.3 is 10.0 Å². The maximum atomic E-state index is 12.8. The van der Waals surface area contributed by atoms with E-state index in [-0.39, 0.29) is 17.7 Å². The largest absolute Gasteiger partial charge is 0.371 e. The Bertz CT molecular complexity index is 417. The minimum absolute atomic E-state index is 0.174. The van der Waals surface area contributed by atoms with Crippen molar-refractivity contribution >= 4 is 34.1 Å². The van der Waals surface area contributed by atoms with Gasteiger partial charge in [0.1, 0.15) is 0 Å². The highest BCUT2D eigenvalue weighted by Crippen LogP contribution is 2.27. The molecule has 1 unspecified atom stereocenters. The topological polar surface area (TPSA) is 56.7 Å². The second kappa shape index (κ2) is 5.16. The molecule has 2 amide bonds. The number of carbonyl (C=O) groups excluding carboxylic acids is 1. The maximum Gasteiger partial charge on any atom is 0.328 e. The third kappa shape index (κ3) is 2.51. The van der Waals surface area contributed by atoms with Crippen molar-refractivity contribution in [2.24, 2.45) is 0 Å². The average molecular weight is 280 g/mol. The van der Waals surface area contributed by atoms with E-state index < -0.39 is 11.4 Å². The summed E-state index contributed by atoms with van der Waals surface area (Å²) in [6, 6.07) is -0.364. The molecule has 1 N–H and O–H groups in total.